The Morgan fingerprint density at radius 2 is 2.22 bits per heavy atom. The smallest absolute Gasteiger partial charge is 0.261 e. The van der Waals surface area contributed by atoms with Crippen LogP contribution >= 0.6 is 0 Å². The molecule has 0 aliphatic heterocycles. The number of nitrogens with one attached hydrogen (secondary N) is 1. The molecule has 0 aliphatic carbocycles. The number of rotatable bonds is 9. The third kappa shape index (κ3) is 7.77. The van der Waals surface area contributed by atoms with Crippen molar-refractivity contribution in [2.45, 2.75) is 38.7 Å². The molecule has 0 aliphatic rings. The van der Waals surface area contributed by atoms with Gasteiger partial charge in [0.25, 0.3) is 6.43 Å². The first kappa shape index (κ1) is 16.6. The molecule has 0 fully saturated rings. The van der Waals surface area contributed by atoms with E-state index in [1.54, 1.807) is 0 Å². The Morgan fingerprint density at radius 3 is 2.72 bits per heavy atom. The molecule has 0 spiro atoms. The van der Waals surface area contributed by atoms with Crippen molar-refractivity contribution in [3.8, 4) is 0 Å². The lowest BCUT2D eigenvalue weighted by atomic mass is 10.1. The number of carbonyl (C=O) groups excluding carboxylic acids is 1. The quantitative estimate of drug-likeness (QED) is 0.188. The lowest BCUT2D eigenvalue weighted by molar-refractivity contribution is -0.122. The first-order valence-electron chi connectivity index (χ1n) is 5.63. The van der Waals surface area contributed by atoms with E-state index in [2.05, 4.69) is 15.2 Å². The van der Waals surface area contributed by atoms with Crippen molar-refractivity contribution in [2.75, 3.05) is 13.2 Å². The molecule has 0 rings (SSSR count). The van der Waals surface area contributed by atoms with E-state index in [0.717, 1.165) is 6.42 Å². The van der Waals surface area contributed by atoms with Gasteiger partial charge in [0.15, 0.2) is 5.84 Å². The number of alkyl halides is 2. The van der Waals surface area contributed by atoms with E-state index in [0.29, 0.717) is 6.42 Å². The summed E-state index contributed by atoms with van der Waals surface area (Å²) in [6.45, 7) is 1.10. The van der Waals surface area contributed by atoms with Gasteiger partial charge in [0.1, 0.15) is 6.61 Å². The number of nitrogens with zero attached hydrogens (tertiary/aromatic N) is 1. The number of nitrogens with two attached hydrogens (primary N) is 1. The number of ether oxygens (including phenoxy) is 1. The van der Waals surface area contributed by atoms with Crippen molar-refractivity contribution in [1.29, 1.82) is 0 Å². The van der Waals surface area contributed by atoms with E-state index in [4.69, 9.17) is 10.9 Å². The van der Waals surface area contributed by atoms with Gasteiger partial charge in [0.2, 0.25) is 5.91 Å². The summed E-state index contributed by atoms with van der Waals surface area (Å²) >= 11 is 0. The maximum absolute atomic E-state index is 11.7. The zero-order valence-corrected chi connectivity index (χ0v) is 10.2. The monoisotopic (exact) mass is 267 g/mol. The van der Waals surface area contributed by atoms with Crippen molar-refractivity contribution in [2.24, 2.45) is 10.9 Å². The summed E-state index contributed by atoms with van der Waals surface area (Å²) < 4.78 is 28.0. The Bertz CT molecular complexity index is 275. The Hall–Kier alpha value is -1.44. The van der Waals surface area contributed by atoms with Crippen molar-refractivity contribution in [3.05, 3.63) is 0 Å². The first-order chi connectivity index (χ1) is 8.51. The second-order valence-corrected chi connectivity index (χ2v) is 3.65. The molecule has 18 heavy (non-hydrogen) atoms. The van der Waals surface area contributed by atoms with Gasteiger partial charge in [-0.15, -0.1) is 0 Å². The summed E-state index contributed by atoms with van der Waals surface area (Å²) in [6.07, 6.45) is -1.33. The molecule has 0 aromatic heterocycles. The molecule has 0 saturated heterocycles. The molecule has 8 heteroatoms. The van der Waals surface area contributed by atoms with Crippen LogP contribution in [0.15, 0.2) is 5.16 Å². The van der Waals surface area contributed by atoms with E-state index in [1.807, 2.05) is 6.92 Å². The summed E-state index contributed by atoms with van der Waals surface area (Å²) in [4.78, 5) is 11.4. The topological polar surface area (TPSA) is 96.9 Å². The van der Waals surface area contributed by atoms with Crippen LogP contribution in [0.1, 0.15) is 26.2 Å². The maximum Gasteiger partial charge on any atom is 0.261 e. The molecular weight excluding hydrogens is 248 g/mol. The normalized spacial score (nSPS) is 13.7. The van der Waals surface area contributed by atoms with E-state index in [1.165, 1.54) is 0 Å². The van der Waals surface area contributed by atoms with Gasteiger partial charge >= 0.3 is 0 Å². The molecule has 1 amide bonds. The minimum Gasteiger partial charge on any atom is -0.409 e. The van der Waals surface area contributed by atoms with Crippen molar-refractivity contribution in [1.82, 2.24) is 5.32 Å². The molecule has 106 valence electrons. The van der Waals surface area contributed by atoms with E-state index in [-0.39, 0.29) is 18.9 Å². The van der Waals surface area contributed by atoms with Crippen LogP contribution in [0, 0.1) is 0 Å². The largest absolute Gasteiger partial charge is 0.409 e. The number of hydrogen-bond acceptors (Lipinski definition) is 4. The van der Waals surface area contributed by atoms with Gasteiger partial charge in [-0.3, -0.25) is 4.79 Å². The number of amides is 1. The van der Waals surface area contributed by atoms with Crippen LogP contribution in [0.3, 0.4) is 0 Å². The lowest BCUT2D eigenvalue weighted by Crippen LogP contribution is -2.44. The number of halogens is 2. The summed E-state index contributed by atoms with van der Waals surface area (Å²) in [5.74, 6) is -0.479. The highest BCUT2D eigenvalue weighted by Crippen LogP contribution is 1.98. The predicted octanol–water partition coefficient (Wildman–Crippen LogP) is 0.689. The third-order valence-corrected chi connectivity index (χ3v) is 2.10. The fraction of sp³-hybridized carbons (Fsp3) is 0.800. The zero-order chi connectivity index (χ0) is 14.0. The van der Waals surface area contributed by atoms with Gasteiger partial charge in [-0.05, 0) is 6.42 Å². The summed E-state index contributed by atoms with van der Waals surface area (Å²) in [6, 6.07) is -0.553. The van der Waals surface area contributed by atoms with Gasteiger partial charge in [-0.25, -0.2) is 8.78 Å². The van der Waals surface area contributed by atoms with Crippen molar-refractivity contribution >= 4 is 11.7 Å². The molecule has 0 aromatic rings. The van der Waals surface area contributed by atoms with Crippen LogP contribution in [0.25, 0.3) is 0 Å². The van der Waals surface area contributed by atoms with Crippen LogP contribution in [-0.2, 0) is 9.53 Å². The number of oxime groups is 1. The van der Waals surface area contributed by atoms with Crippen LogP contribution in [-0.4, -0.2) is 42.6 Å². The lowest BCUT2D eigenvalue weighted by Gasteiger charge is -2.16. The highest BCUT2D eigenvalue weighted by atomic mass is 19.3. The van der Waals surface area contributed by atoms with E-state index in [9.17, 15) is 13.6 Å². The Balaban J connectivity index is 3.95. The van der Waals surface area contributed by atoms with Crippen LogP contribution < -0.4 is 11.1 Å². The highest BCUT2D eigenvalue weighted by molar-refractivity contribution is 5.89. The minimum absolute atomic E-state index is 0.0500. The van der Waals surface area contributed by atoms with Gasteiger partial charge in [-0.1, -0.05) is 18.5 Å². The fourth-order valence-corrected chi connectivity index (χ4v) is 1.26. The predicted molar refractivity (Wildman–Crippen MR) is 61.7 cm³/mol. The van der Waals surface area contributed by atoms with Crippen LogP contribution in [0.5, 0.6) is 0 Å². The van der Waals surface area contributed by atoms with Crippen LogP contribution in [0.4, 0.5) is 8.78 Å². The van der Waals surface area contributed by atoms with Gasteiger partial charge in [0, 0.05) is 6.42 Å². The molecule has 6 nitrogen and oxygen atoms in total. The second kappa shape index (κ2) is 9.58. The average Bonchev–Trinajstić information content (AvgIpc) is 2.33. The minimum atomic E-state index is -2.54. The summed E-state index contributed by atoms with van der Waals surface area (Å²) in [5.41, 5.74) is 5.40. The highest BCUT2D eigenvalue weighted by Gasteiger charge is 2.15. The molecule has 0 radical (unpaired) electrons. The van der Waals surface area contributed by atoms with Crippen molar-refractivity contribution < 1.29 is 23.5 Å². The first-order valence-corrected chi connectivity index (χ1v) is 5.63. The Morgan fingerprint density at radius 1 is 1.56 bits per heavy atom. The van der Waals surface area contributed by atoms with Crippen molar-refractivity contribution in [3.63, 3.8) is 0 Å². The third-order valence-electron chi connectivity index (χ3n) is 2.10. The molecule has 0 saturated carbocycles. The Labute approximate surface area is 104 Å². The molecule has 4 N–H and O–H groups in total. The molecular formula is C10H19F2N3O3. The fourth-order valence-electron chi connectivity index (χ4n) is 1.26. The summed E-state index contributed by atoms with van der Waals surface area (Å²) in [5, 5.41) is 13.9. The van der Waals surface area contributed by atoms with Gasteiger partial charge in [0.05, 0.1) is 12.6 Å². The van der Waals surface area contributed by atoms with E-state index >= 15 is 0 Å². The number of amidine groups is 1. The molecule has 1 atom stereocenters. The molecule has 1 unspecified atom stereocenters. The standard InChI is InChI=1S/C10H19F2N3O3/c1-2-3-7(10(13)15-17)14-9(16)4-5-18-6-8(11)12/h7-8,17H,2-6H2,1H3,(H2,13,15)(H,14,16). The van der Waals surface area contributed by atoms with E-state index < -0.39 is 25.0 Å². The number of hydrogen-bond donors (Lipinski definition) is 3. The second-order valence-electron chi connectivity index (χ2n) is 3.65. The van der Waals surface area contributed by atoms with Gasteiger partial charge in [-0.2, -0.15) is 0 Å². The maximum atomic E-state index is 11.7. The average molecular weight is 267 g/mol. The molecule has 0 aromatic carbocycles. The van der Waals surface area contributed by atoms with Gasteiger partial charge < -0.3 is 21.0 Å². The molecule has 0 heterocycles. The summed E-state index contributed by atoms with van der Waals surface area (Å²) in [7, 11) is 0. The number of carbonyl (C=O) groups is 1. The Kier molecular flexibility index (Phi) is 8.81. The SMILES string of the molecule is CCCC(NC(=O)CCOCC(F)F)C(N)=NO. The molecule has 0 bridgehead atoms. The zero-order valence-electron chi connectivity index (χ0n) is 10.2. The van der Waals surface area contributed by atoms with Crippen LogP contribution in [0.2, 0.25) is 0 Å².